The van der Waals surface area contributed by atoms with Gasteiger partial charge in [0.1, 0.15) is 5.00 Å². The molecule has 1 heterocycles. The number of hydrogen-bond donors (Lipinski definition) is 2. The van der Waals surface area contributed by atoms with Crippen LogP contribution in [0.3, 0.4) is 0 Å². The number of halogens is 1. The number of hydrogen-bond acceptors (Lipinski definition) is 3. The highest BCUT2D eigenvalue weighted by Gasteiger charge is 2.10. The van der Waals surface area contributed by atoms with Gasteiger partial charge < -0.3 is 10.8 Å². The predicted molar refractivity (Wildman–Crippen MR) is 40.7 cm³/mol. The van der Waals surface area contributed by atoms with Crippen molar-refractivity contribution in [3.05, 3.63) is 16.0 Å². The molecule has 1 rings (SSSR count). The van der Waals surface area contributed by atoms with Gasteiger partial charge in [0.15, 0.2) is 0 Å². The zero-order valence-corrected chi connectivity index (χ0v) is 6.37. The van der Waals surface area contributed by atoms with E-state index in [0.717, 1.165) is 11.3 Å². The van der Waals surface area contributed by atoms with Crippen LogP contribution in [0.4, 0.5) is 5.00 Å². The van der Waals surface area contributed by atoms with Crippen molar-refractivity contribution >= 4 is 33.9 Å². The lowest BCUT2D eigenvalue weighted by Gasteiger charge is -1.86. The van der Waals surface area contributed by atoms with E-state index >= 15 is 0 Å². The Morgan fingerprint density at radius 1 is 1.80 bits per heavy atom. The molecule has 0 radical (unpaired) electrons. The molecule has 0 spiro atoms. The minimum Gasteiger partial charge on any atom is -0.478 e. The Bertz CT molecular complexity index is 271. The fourth-order valence-electron chi connectivity index (χ4n) is 0.541. The van der Waals surface area contributed by atoms with E-state index in [1.54, 1.807) is 0 Å². The summed E-state index contributed by atoms with van der Waals surface area (Å²) in [6.45, 7) is 0. The molecule has 0 bridgehead atoms. The van der Waals surface area contributed by atoms with Gasteiger partial charge in [-0.2, -0.15) is 0 Å². The first-order valence-electron chi connectivity index (χ1n) is 2.39. The van der Waals surface area contributed by atoms with E-state index in [2.05, 4.69) is 0 Å². The third-order valence-corrected chi connectivity index (χ3v) is 2.05. The summed E-state index contributed by atoms with van der Waals surface area (Å²) in [5.74, 6) is -1.04. The average molecular weight is 178 g/mol. The first-order chi connectivity index (χ1) is 4.61. The number of thiophene rings is 1. The molecular formula is C5H4ClNO2S. The average Bonchev–Trinajstić information content (AvgIpc) is 2.10. The third kappa shape index (κ3) is 1.22. The molecule has 0 aliphatic heterocycles. The second-order valence-corrected chi connectivity index (χ2v) is 3.35. The number of nitrogens with two attached hydrogens (primary N) is 1. The molecule has 0 saturated carbocycles. The normalized spacial score (nSPS) is 9.70. The van der Waals surface area contributed by atoms with Crippen LogP contribution in [0.1, 0.15) is 10.4 Å². The van der Waals surface area contributed by atoms with Crippen LogP contribution in [0.5, 0.6) is 0 Å². The maximum atomic E-state index is 10.3. The van der Waals surface area contributed by atoms with Crippen LogP contribution in [0.15, 0.2) is 6.07 Å². The first kappa shape index (κ1) is 7.37. The number of carboxylic acids is 1. The lowest BCUT2D eigenvalue weighted by molar-refractivity contribution is 0.0698. The van der Waals surface area contributed by atoms with Crippen molar-refractivity contribution in [2.75, 3.05) is 5.73 Å². The predicted octanol–water partition coefficient (Wildman–Crippen LogP) is 1.68. The second-order valence-electron chi connectivity index (χ2n) is 1.63. The SMILES string of the molecule is Nc1sc(Cl)cc1C(=O)O. The Balaban J connectivity index is 3.15. The monoisotopic (exact) mass is 177 g/mol. The standard InChI is InChI=1S/C5H4ClNO2S/c6-3-1-2(5(8)9)4(7)10-3/h1H,7H2,(H,8,9). The van der Waals surface area contributed by atoms with Crippen LogP contribution < -0.4 is 5.73 Å². The van der Waals surface area contributed by atoms with Crippen LogP contribution in [0.2, 0.25) is 4.34 Å². The quantitative estimate of drug-likeness (QED) is 0.686. The molecule has 0 amide bonds. The minimum absolute atomic E-state index is 0.0787. The molecule has 0 unspecified atom stereocenters. The maximum Gasteiger partial charge on any atom is 0.338 e. The molecule has 10 heavy (non-hydrogen) atoms. The Labute approximate surface area is 66.0 Å². The summed E-state index contributed by atoms with van der Waals surface area (Å²) in [4.78, 5) is 10.3. The number of anilines is 1. The maximum absolute atomic E-state index is 10.3. The fourth-order valence-corrected chi connectivity index (χ4v) is 1.54. The molecule has 0 aromatic carbocycles. The summed E-state index contributed by atoms with van der Waals surface area (Å²) in [6.07, 6.45) is 0. The van der Waals surface area contributed by atoms with Crippen molar-refractivity contribution in [1.29, 1.82) is 0 Å². The molecule has 0 aliphatic rings. The third-order valence-electron chi connectivity index (χ3n) is 0.961. The van der Waals surface area contributed by atoms with Crippen LogP contribution in [0.25, 0.3) is 0 Å². The molecule has 0 atom stereocenters. The zero-order chi connectivity index (χ0) is 7.72. The lowest BCUT2D eigenvalue weighted by atomic mass is 10.3. The highest BCUT2D eigenvalue weighted by atomic mass is 35.5. The van der Waals surface area contributed by atoms with E-state index in [4.69, 9.17) is 22.4 Å². The molecule has 3 N–H and O–H groups in total. The van der Waals surface area contributed by atoms with Crippen LogP contribution in [0, 0.1) is 0 Å². The van der Waals surface area contributed by atoms with Crippen molar-refractivity contribution in [2.24, 2.45) is 0 Å². The van der Waals surface area contributed by atoms with E-state index in [-0.39, 0.29) is 10.6 Å². The molecule has 5 heteroatoms. The molecule has 0 fully saturated rings. The van der Waals surface area contributed by atoms with Crippen molar-refractivity contribution in [3.63, 3.8) is 0 Å². The van der Waals surface area contributed by atoms with Gasteiger partial charge in [-0.3, -0.25) is 0 Å². The van der Waals surface area contributed by atoms with Crippen LogP contribution in [-0.2, 0) is 0 Å². The number of carbonyl (C=O) groups is 1. The summed E-state index contributed by atoms with van der Waals surface area (Å²) < 4.78 is 0.398. The molecule has 0 saturated heterocycles. The highest BCUT2D eigenvalue weighted by Crippen LogP contribution is 2.28. The highest BCUT2D eigenvalue weighted by molar-refractivity contribution is 7.20. The molecule has 0 aliphatic carbocycles. The van der Waals surface area contributed by atoms with Crippen LogP contribution >= 0.6 is 22.9 Å². The van der Waals surface area contributed by atoms with E-state index in [9.17, 15) is 4.79 Å². The second kappa shape index (κ2) is 2.48. The van der Waals surface area contributed by atoms with Crippen molar-refractivity contribution < 1.29 is 9.90 Å². The van der Waals surface area contributed by atoms with Gasteiger partial charge in [0.2, 0.25) is 0 Å². The number of aromatic carboxylic acids is 1. The molecule has 1 aromatic rings. The summed E-state index contributed by atoms with van der Waals surface area (Å²) in [7, 11) is 0. The van der Waals surface area contributed by atoms with Crippen LogP contribution in [-0.4, -0.2) is 11.1 Å². The van der Waals surface area contributed by atoms with Gasteiger partial charge in [-0.1, -0.05) is 11.6 Å². The van der Waals surface area contributed by atoms with E-state index in [1.807, 2.05) is 0 Å². The van der Waals surface area contributed by atoms with Gasteiger partial charge in [0.05, 0.1) is 9.90 Å². The Hall–Kier alpha value is -0.740. The molecule has 54 valence electrons. The lowest BCUT2D eigenvalue weighted by Crippen LogP contribution is -1.97. The van der Waals surface area contributed by atoms with E-state index < -0.39 is 5.97 Å². The summed E-state index contributed by atoms with van der Waals surface area (Å²) >= 11 is 6.54. The topological polar surface area (TPSA) is 63.3 Å². The fraction of sp³-hybridized carbons (Fsp3) is 0. The van der Waals surface area contributed by atoms with Gasteiger partial charge in [-0.15, -0.1) is 11.3 Å². The summed E-state index contributed by atoms with van der Waals surface area (Å²) in [5.41, 5.74) is 5.37. The Morgan fingerprint density at radius 2 is 2.40 bits per heavy atom. The Kier molecular flexibility index (Phi) is 1.82. The zero-order valence-electron chi connectivity index (χ0n) is 4.80. The van der Waals surface area contributed by atoms with Gasteiger partial charge in [-0.25, -0.2) is 4.79 Å². The molecule has 1 aromatic heterocycles. The minimum atomic E-state index is -1.04. The van der Waals surface area contributed by atoms with E-state index in [0.29, 0.717) is 4.34 Å². The number of nitrogen functional groups attached to an aromatic ring is 1. The van der Waals surface area contributed by atoms with Gasteiger partial charge >= 0.3 is 5.97 Å². The van der Waals surface area contributed by atoms with Gasteiger partial charge in [0, 0.05) is 0 Å². The molecule has 3 nitrogen and oxygen atoms in total. The van der Waals surface area contributed by atoms with Gasteiger partial charge in [0.25, 0.3) is 0 Å². The van der Waals surface area contributed by atoms with Gasteiger partial charge in [-0.05, 0) is 6.07 Å². The first-order valence-corrected chi connectivity index (χ1v) is 3.59. The largest absolute Gasteiger partial charge is 0.478 e. The summed E-state index contributed by atoms with van der Waals surface area (Å²) in [6, 6.07) is 1.34. The van der Waals surface area contributed by atoms with Crippen molar-refractivity contribution in [2.45, 2.75) is 0 Å². The summed E-state index contributed by atoms with van der Waals surface area (Å²) in [5, 5.41) is 8.69. The smallest absolute Gasteiger partial charge is 0.338 e. The van der Waals surface area contributed by atoms with Crippen molar-refractivity contribution in [1.82, 2.24) is 0 Å². The molecular weight excluding hydrogens is 174 g/mol. The number of carboxylic acid groups (broad SMARTS) is 1. The Morgan fingerprint density at radius 3 is 2.60 bits per heavy atom. The number of rotatable bonds is 1. The van der Waals surface area contributed by atoms with E-state index in [1.165, 1.54) is 6.07 Å². The van der Waals surface area contributed by atoms with Crippen molar-refractivity contribution in [3.8, 4) is 0 Å².